The van der Waals surface area contributed by atoms with E-state index in [1.165, 1.54) is 11.1 Å². The second kappa shape index (κ2) is 8.21. The largest absolute Gasteiger partial charge is 0.482 e. The summed E-state index contributed by atoms with van der Waals surface area (Å²) in [6.07, 6.45) is 5.97. The molecule has 1 fully saturated rings. The third-order valence-corrected chi connectivity index (χ3v) is 6.05. The number of ether oxygens (including phenoxy) is 1. The predicted octanol–water partition coefficient (Wildman–Crippen LogP) is 5.04. The Balaban J connectivity index is 1.68. The van der Waals surface area contributed by atoms with E-state index >= 15 is 0 Å². The van der Waals surface area contributed by atoms with Crippen molar-refractivity contribution in [3.63, 3.8) is 0 Å². The van der Waals surface area contributed by atoms with E-state index in [4.69, 9.17) is 21.4 Å². The van der Waals surface area contributed by atoms with E-state index in [1.807, 2.05) is 23.1 Å². The molecule has 152 valence electrons. The number of carbonyl (C=O) groups is 1. The molecule has 2 heterocycles. The van der Waals surface area contributed by atoms with Gasteiger partial charge in [0.15, 0.2) is 0 Å². The number of likely N-dealkylation sites (tertiary alicyclic amines) is 1. The maximum atomic E-state index is 11.0. The molecule has 5 heteroatoms. The van der Waals surface area contributed by atoms with Gasteiger partial charge in [0, 0.05) is 36.5 Å². The van der Waals surface area contributed by atoms with E-state index < -0.39 is 11.6 Å². The first-order chi connectivity index (χ1) is 14.0. The minimum Gasteiger partial charge on any atom is -0.482 e. The van der Waals surface area contributed by atoms with Gasteiger partial charge in [-0.15, -0.1) is 0 Å². The summed E-state index contributed by atoms with van der Waals surface area (Å²) >= 11 is 6.26. The SMILES string of the molecule is CCCc1ccc(C2=CC3(CCN(CC(=O)O)CC3)Oc3cc(Cl)ccc32)cc1. The van der Waals surface area contributed by atoms with Crippen LogP contribution in [0.2, 0.25) is 5.02 Å². The highest BCUT2D eigenvalue weighted by Gasteiger charge is 2.39. The zero-order valence-electron chi connectivity index (χ0n) is 16.7. The second-order valence-corrected chi connectivity index (χ2v) is 8.42. The summed E-state index contributed by atoms with van der Waals surface area (Å²) in [6, 6.07) is 14.6. The number of hydrogen-bond donors (Lipinski definition) is 1. The van der Waals surface area contributed by atoms with E-state index in [-0.39, 0.29) is 6.54 Å². The van der Waals surface area contributed by atoms with Gasteiger partial charge in [0.25, 0.3) is 0 Å². The molecule has 4 rings (SSSR count). The number of nitrogens with zero attached hydrogens (tertiary/aromatic N) is 1. The Kier molecular flexibility index (Phi) is 5.66. The van der Waals surface area contributed by atoms with Gasteiger partial charge in [-0.1, -0.05) is 49.2 Å². The van der Waals surface area contributed by atoms with Crippen LogP contribution in [-0.4, -0.2) is 41.2 Å². The molecular weight excluding hydrogens is 386 g/mol. The van der Waals surface area contributed by atoms with Crippen LogP contribution in [-0.2, 0) is 11.2 Å². The maximum absolute atomic E-state index is 11.0. The number of carboxylic acid groups (broad SMARTS) is 1. The van der Waals surface area contributed by atoms with Crippen LogP contribution in [0.4, 0.5) is 0 Å². The van der Waals surface area contributed by atoms with Gasteiger partial charge in [0.2, 0.25) is 0 Å². The molecule has 0 unspecified atom stereocenters. The van der Waals surface area contributed by atoms with Crippen LogP contribution in [0.1, 0.15) is 42.9 Å². The van der Waals surface area contributed by atoms with Crippen LogP contribution in [0.25, 0.3) is 5.57 Å². The van der Waals surface area contributed by atoms with Crippen molar-refractivity contribution in [3.05, 3.63) is 70.3 Å². The Morgan fingerprint density at radius 2 is 1.90 bits per heavy atom. The molecular formula is C24H26ClNO3. The third-order valence-electron chi connectivity index (χ3n) is 5.82. The molecule has 0 radical (unpaired) electrons. The molecule has 0 bridgehead atoms. The molecule has 2 aromatic carbocycles. The van der Waals surface area contributed by atoms with Crippen molar-refractivity contribution in [2.24, 2.45) is 0 Å². The highest BCUT2D eigenvalue weighted by Crippen LogP contribution is 2.44. The van der Waals surface area contributed by atoms with Gasteiger partial charge in [0.1, 0.15) is 11.4 Å². The van der Waals surface area contributed by atoms with Crippen molar-refractivity contribution in [1.29, 1.82) is 0 Å². The van der Waals surface area contributed by atoms with Crippen molar-refractivity contribution in [2.45, 2.75) is 38.2 Å². The predicted molar refractivity (Wildman–Crippen MR) is 116 cm³/mol. The molecule has 0 saturated carbocycles. The summed E-state index contributed by atoms with van der Waals surface area (Å²) in [4.78, 5) is 13.0. The first-order valence-corrected chi connectivity index (χ1v) is 10.6. The lowest BCUT2D eigenvalue weighted by Crippen LogP contribution is -2.49. The smallest absolute Gasteiger partial charge is 0.317 e. The zero-order chi connectivity index (χ0) is 20.4. The number of rotatable bonds is 5. The van der Waals surface area contributed by atoms with Gasteiger partial charge in [-0.05, 0) is 47.4 Å². The van der Waals surface area contributed by atoms with Gasteiger partial charge in [0.05, 0.1) is 6.54 Å². The Hall–Kier alpha value is -2.30. The standard InChI is InChI=1S/C24H26ClNO3/c1-2-3-17-4-6-18(7-5-17)21-15-24(10-12-26(13-11-24)16-23(27)28)29-22-14-19(25)8-9-20(21)22/h4-9,14-15H,2-3,10-13,16H2,1H3,(H,27,28). The number of aliphatic carboxylic acids is 1. The number of fused-ring (bicyclic) bond motifs is 1. The van der Waals surface area contributed by atoms with Crippen molar-refractivity contribution in [2.75, 3.05) is 19.6 Å². The van der Waals surface area contributed by atoms with Crippen molar-refractivity contribution in [1.82, 2.24) is 4.90 Å². The Labute approximate surface area is 176 Å². The van der Waals surface area contributed by atoms with Crippen LogP contribution in [0, 0.1) is 0 Å². The van der Waals surface area contributed by atoms with Gasteiger partial charge in [-0.2, -0.15) is 0 Å². The number of halogens is 1. The van der Waals surface area contributed by atoms with E-state index in [2.05, 4.69) is 37.3 Å². The van der Waals surface area contributed by atoms with Crippen LogP contribution < -0.4 is 4.74 Å². The van der Waals surface area contributed by atoms with Gasteiger partial charge >= 0.3 is 5.97 Å². The molecule has 0 aliphatic carbocycles. The quantitative estimate of drug-likeness (QED) is 0.749. The molecule has 1 spiro atoms. The first kappa shape index (κ1) is 20.0. The normalized spacial score (nSPS) is 18.1. The summed E-state index contributed by atoms with van der Waals surface area (Å²) in [7, 11) is 0. The number of carboxylic acids is 1. The summed E-state index contributed by atoms with van der Waals surface area (Å²) in [5, 5.41) is 9.73. The van der Waals surface area contributed by atoms with Gasteiger partial charge in [-0.3, -0.25) is 9.69 Å². The molecule has 2 aliphatic heterocycles. The molecule has 29 heavy (non-hydrogen) atoms. The zero-order valence-corrected chi connectivity index (χ0v) is 17.4. The molecule has 0 atom stereocenters. The van der Waals surface area contributed by atoms with E-state index in [9.17, 15) is 4.79 Å². The minimum atomic E-state index is -0.786. The number of hydrogen-bond acceptors (Lipinski definition) is 3. The Bertz CT molecular complexity index is 928. The fourth-order valence-electron chi connectivity index (χ4n) is 4.30. The fourth-order valence-corrected chi connectivity index (χ4v) is 4.46. The molecule has 1 N–H and O–H groups in total. The highest BCUT2D eigenvalue weighted by molar-refractivity contribution is 6.30. The molecule has 1 saturated heterocycles. The summed E-state index contributed by atoms with van der Waals surface area (Å²) < 4.78 is 6.47. The van der Waals surface area contributed by atoms with Crippen LogP contribution in [0.15, 0.2) is 48.5 Å². The average molecular weight is 412 g/mol. The van der Waals surface area contributed by atoms with Crippen LogP contribution in [0.3, 0.4) is 0 Å². The number of benzene rings is 2. The summed E-state index contributed by atoms with van der Waals surface area (Å²) in [6.45, 7) is 3.66. The lowest BCUT2D eigenvalue weighted by molar-refractivity contribution is -0.139. The molecule has 0 aromatic heterocycles. The lowest BCUT2D eigenvalue weighted by Gasteiger charge is -2.42. The van der Waals surface area contributed by atoms with Crippen molar-refractivity contribution in [3.8, 4) is 5.75 Å². The van der Waals surface area contributed by atoms with Crippen molar-refractivity contribution >= 4 is 23.1 Å². The Morgan fingerprint density at radius 3 is 2.55 bits per heavy atom. The van der Waals surface area contributed by atoms with E-state index in [1.54, 1.807) is 0 Å². The Morgan fingerprint density at radius 1 is 1.17 bits per heavy atom. The molecule has 4 nitrogen and oxygen atoms in total. The molecule has 2 aliphatic rings. The van der Waals surface area contributed by atoms with E-state index in [0.717, 1.165) is 42.6 Å². The lowest BCUT2D eigenvalue weighted by atomic mass is 9.82. The second-order valence-electron chi connectivity index (χ2n) is 7.98. The third kappa shape index (κ3) is 4.34. The number of aryl methyl sites for hydroxylation is 1. The van der Waals surface area contributed by atoms with Crippen LogP contribution in [0.5, 0.6) is 5.75 Å². The summed E-state index contributed by atoms with van der Waals surface area (Å²) in [5.74, 6) is 0.0189. The minimum absolute atomic E-state index is 0.0773. The molecule has 2 aromatic rings. The fraction of sp³-hybridized carbons (Fsp3) is 0.375. The highest BCUT2D eigenvalue weighted by atomic mass is 35.5. The topological polar surface area (TPSA) is 49.8 Å². The van der Waals surface area contributed by atoms with Gasteiger partial charge < -0.3 is 9.84 Å². The molecule has 0 amide bonds. The number of piperidine rings is 1. The van der Waals surface area contributed by atoms with Crippen molar-refractivity contribution < 1.29 is 14.6 Å². The average Bonchev–Trinajstić information content (AvgIpc) is 2.70. The van der Waals surface area contributed by atoms with Crippen LogP contribution >= 0.6 is 11.6 Å². The van der Waals surface area contributed by atoms with Gasteiger partial charge in [-0.25, -0.2) is 0 Å². The first-order valence-electron chi connectivity index (χ1n) is 10.2. The van der Waals surface area contributed by atoms with E-state index in [0.29, 0.717) is 18.1 Å². The summed E-state index contributed by atoms with van der Waals surface area (Å²) in [5.41, 5.74) is 4.30. The monoisotopic (exact) mass is 411 g/mol. The maximum Gasteiger partial charge on any atom is 0.317 e.